The van der Waals surface area contributed by atoms with Gasteiger partial charge in [-0.3, -0.25) is 4.90 Å². The minimum Gasteiger partial charge on any atom is -0.494 e. The van der Waals surface area contributed by atoms with Crippen LogP contribution in [0, 0.1) is 0 Å². The molecule has 26 heavy (non-hydrogen) atoms. The van der Waals surface area contributed by atoms with Crippen LogP contribution in [0.25, 0.3) is 0 Å². The van der Waals surface area contributed by atoms with E-state index < -0.39 is 10.0 Å². The molecule has 0 bridgehead atoms. The number of sulfonamides is 1. The number of ether oxygens (including phenoxy) is 2. The van der Waals surface area contributed by atoms with E-state index in [2.05, 4.69) is 11.8 Å². The maximum absolute atomic E-state index is 12.4. The van der Waals surface area contributed by atoms with Crippen LogP contribution in [-0.2, 0) is 10.0 Å². The first-order chi connectivity index (χ1) is 12.6. The van der Waals surface area contributed by atoms with E-state index in [1.54, 1.807) is 4.31 Å². The lowest BCUT2D eigenvalue weighted by molar-refractivity contribution is 0.215. The van der Waals surface area contributed by atoms with Gasteiger partial charge in [0.1, 0.15) is 18.1 Å². The molecule has 1 heterocycles. The van der Waals surface area contributed by atoms with Crippen LogP contribution in [0.5, 0.6) is 11.5 Å². The van der Waals surface area contributed by atoms with E-state index in [4.69, 9.17) is 9.47 Å². The Morgan fingerprint density at radius 1 is 0.962 bits per heavy atom. The molecular weight excluding hydrogens is 352 g/mol. The van der Waals surface area contributed by atoms with Crippen LogP contribution >= 0.6 is 0 Å². The van der Waals surface area contributed by atoms with Gasteiger partial charge in [0, 0.05) is 26.2 Å². The molecule has 1 saturated carbocycles. The lowest BCUT2D eigenvalue weighted by atomic mass is 10.3. The SMILES string of the molecule is CCCOc1ccc(OCCN2CCCN(S(=O)(=O)C3CC3)CC2)cc1. The van der Waals surface area contributed by atoms with Gasteiger partial charge in [-0.05, 0) is 56.5 Å². The summed E-state index contributed by atoms with van der Waals surface area (Å²) < 4.78 is 37.8. The molecule has 0 radical (unpaired) electrons. The molecule has 2 fully saturated rings. The standard InChI is InChI=1S/C19H30N2O4S/c1-2-15-24-17-4-6-18(7-5-17)25-16-14-20-10-3-11-21(13-12-20)26(22,23)19-8-9-19/h4-7,19H,2-3,8-16H2,1H3. The number of nitrogens with zero attached hydrogens (tertiary/aromatic N) is 2. The van der Waals surface area contributed by atoms with Crippen molar-refractivity contribution in [2.75, 3.05) is 45.9 Å². The first-order valence-electron chi connectivity index (χ1n) is 9.66. The van der Waals surface area contributed by atoms with Crippen LogP contribution in [0.2, 0.25) is 0 Å². The smallest absolute Gasteiger partial charge is 0.217 e. The molecule has 7 heteroatoms. The van der Waals surface area contributed by atoms with Gasteiger partial charge in [0.2, 0.25) is 10.0 Å². The Bertz CT molecular complexity index is 659. The third kappa shape index (κ3) is 5.34. The van der Waals surface area contributed by atoms with Crippen LogP contribution in [-0.4, -0.2) is 68.8 Å². The van der Waals surface area contributed by atoms with E-state index in [0.717, 1.165) is 63.4 Å². The molecule has 1 aromatic rings. The van der Waals surface area contributed by atoms with Crippen molar-refractivity contribution >= 4 is 10.0 Å². The highest BCUT2D eigenvalue weighted by Crippen LogP contribution is 2.31. The molecule has 1 saturated heterocycles. The van der Waals surface area contributed by atoms with Crippen molar-refractivity contribution in [3.63, 3.8) is 0 Å². The Labute approximate surface area is 157 Å². The van der Waals surface area contributed by atoms with Crippen molar-refractivity contribution < 1.29 is 17.9 Å². The van der Waals surface area contributed by atoms with Gasteiger partial charge in [0.15, 0.2) is 0 Å². The Kier molecular flexibility index (Phi) is 6.78. The Morgan fingerprint density at radius 2 is 1.62 bits per heavy atom. The van der Waals surface area contributed by atoms with Gasteiger partial charge in [0.25, 0.3) is 0 Å². The summed E-state index contributed by atoms with van der Waals surface area (Å²) in [6.07, 6.45) is 3.54. The molecule has 0 atom stereocenters. The van der Waals surface area contributed by atoms with Crippen LogP contribution < -0.4 is 9.47 Å². The van der Waals surface area contributed by atoms with Gasteiger partial charge < -0.3 is 9.47 Å². The first kappa shape index (κ1) is 19.5. The molecule has 146 valence electrons. The van der Waals surface area contributed by atoms with E-state index in [-0.39, 0.29) is 5.25 Å². The number of benzene rings is 1. The van der Waals surface area contributed by atoms with E-state index in [1.165, 1.54) is 0 Å². The highest BCUT2D eigenvalue weighted by Gasteiger charge is 2.40. The zero-order valence-electron chi connectivity index (χ0n) is 15.6. The summed E-state index contributed by atoms with van der Waals surface area (Å²) in [5.41, 5.74) is 0. The first-order valence-corrected chi connectivity index (χ1v) is 11.2. The van der Waals surface area contributed by atoms with Crippen molar-refractivity contribution in [2.45, 2.75) is 37.9 Å². The van der Waals surface area contributed by atoms with Crippen LogP contribution in [0.3, 0.4) is 0 Å². The zero-order valence-corrected chi connectivity index (χ0v) is 16.4. The predicted octanol–water partition coefficient (Wildman–Crippen LogP) is 2.35. The molecular formula is C19H30N2O4S. The van der Waals surface area contributed by atoms with Gasteiger partial charge in [-0.25, -0.2) is 12.7 Å². The van der Waals surface area contributed by atoms with Crippen molar-refractivity contribution in [1.82, 2.24) is 9.21 Å². The molecule has 0 amide bonds. The number of hydrogen-bond donors (Lipinski definition) is 0. The quantitative estimate of drug-likeness (QED) is 0.656. The van der Waals surface area contributed by atoms with Crippen molar-refractivity contribution in [2.24, 2.45) is 0 Å². The monoisotopic (exact) mass is 382 g/mol. The van der Waals surface area contributed by atoms with Gasteiger partial charge in [0.05, 0.1) is 11.9 Å². The molecule has 0 spiro atoms. The van der Waals surface area contributed by atoms with Gasteiger partial charge in [-0.15, -0.1) is 0 Å². The lowest BCUT2D eigenvalue weighted by Crippen LogP contribution is -2.37. The Balaban J connectivity index is 1.39. The minimum absolute atomic E-state index is 0.110. The predicted molar refractivity (Wildman–Crippen MR) is 102 cm³/mol. The van der Waals surface area contributed by atoms with Crippen molar-refractivity contribution in [1.29, 1.82) is 0 Å². The van der Waals surface area contributed by atoms with Crippen LogP contribution in [0.4, 0.5) is 0 Å². The summed E-state index contributed by atoms with van der Waals surface area (Å²) in [4.78, 5) is 2.29. The van der Waals surface area contributed by atoms with Gasteiger partial charge in [-0.1, -0.05) is 6.92 Å². The summed E-state index contributed by atoms with van der Waals surface area (Å²) >= 11 is 0. The maximum atomic E-state index is 12.4. The summed E-state index contributed by atoms with van der Waals surface area (Å²) in [7, 11) is -3.05. The topological polar surface area (TPSA) is 59.1 Å². The normalized spacial score (nSPS) is 19.9. The molecule has 3 rings (SSSR count). The molecule has 6 nitrogen and oxygen atoms in total. The number of rotatable bonds is 9. The molecule has 2 aliphatic rings. The zero-order chi connectivity index (χ0) is 18.4. The molecule has 1 aromatic carbocycles. The molecule has 0 unspecified atom stereocenters. The largest absolute Gasteiger partial charge is 0.494 e. The lowest BCUT2D eigenvalue weighted by Gasteiger charge is -2.21. The van der Waals surface area contributed by atoms with Crippen molar-refractivity contribution in [3.8, 4) is 11.5 Å². The second kappa shape index (κ2) is 9.06. The third-order valence-corrected chi connectivity index (χ3v) is 7.22. The summed E-state index contributed by atoms with van der Waals surface area (Å²) in [6, 6.07) is 7.71. The fourth-order valence-corrected chi connectivity index (χ4v) is 5.02. The minimum atomic E-state index is -3.05. The molecule has 0 aromatic heterocycles. The van der Waals surface area contributed by atoms with E-state index in [9.17, 15) is 8.42 Å². The average Bonchev–Trinajstić information content (AvgIpc) is 3.48. The molecule has 0 N–H and O–H groups in total. The summed E-state index contributed by atoms with van der Waals surface area (Å²) in [5, 5.41) is -0.110. The fourth-order valence-electron chi connectivity index (χ4n) is 3.15. The van der Waals surface area contributed by atoms with Gasteiger partial charge >= 0.3 is 0 Å². The van der Waals surface area contributed by atoms with Crippen molar-refractivity contribution in [3.05, 3.63) is 24.3 Å². The molecule has 1 aliphatic carbocycles. The Hall–Kier alpha value is -1.31. The Morgan fingerprint density at radius 3 is 2.23 bits per heavy atom. The van der Waals surface area contributed by atoms with Gasteiger partial charge in [-0.2, -0.15) is 0 Å². The second-order valence-corrected chi connectivity index (χ2v) is 9.22. The van der Waals surface area contributed by atoms with Crippen LogP contribution in [0.1, 0.15) is 32.6 Å². The fraction of sp³-hybridized carbons (Fsp3) is 0.684. The summed E-state index contributed by atoms with van der Waals surface area (Å²) in [5.74, 6) is 1.70. The second-order valence-electron chi connectivity index (χ2n) is 7.01. The van der Waals surface area contributed by atoms with Crippen LogP contribution in [0.15, 0.2) is 24.3 Å². The third-order valence-electron chi connectivity index (χ3n) is 4.83. The van der Waals surface area contributed by atoms with E-state index >= 15 is 0 Å². The highest BCUT2D eigenvalue weighted by molar-refractivity contribution is 7.90. The number of hydrogen-bond acceptors (Lipinski definition) is 5. The average molecular weight is 383 g/mol. The summed E-state index contributed by atoms with van der Waals surface area (Å²) in [6.45, 7) is 7.17. The maximum Gasteiger partial charge on any atom is 0.217 e. The highest BCUT2D eigenvalue weighted by atomic mass is 32.2. The van der Waals surface area contributed by atoms with E-state index in [0.29, 0.717) is 19.7 Å². The van der Waals surface area contributed by atoms with E-state index in [1.807, 2.05) is 24.3 Å². The molecule has 1 aliphatic heterocycles.